The van der Waals surface area contributed by atoms with E-state index in [0.717, 1.165) is 0 Å². The second-order valence-electron chi connectivity index (χ2n) is 1.89. The van der Waals surface area contributed by atoms with Crippen LogP contribution in [0.2, 0.25) is 17.1 Å². The minimum Gasteiger partial charge on any atom is -1.00 e. The average Bonchev–Trinajstić information content (AvgIpc) is 0.722. The molecule has 0 aromatic heterocycles. The fourth-order valence-electron chi connectivity index (χ4n) is 0. The maximum absolute atomic E-state index is 10.3. The monoisotopic (exact) mass is 160 g/mol. The standard InChI is InChI=1S/C3H9AsO.Na.H/c1-4(2,3)5;;/h1-3H3;;/q;+1;-1. The van der Waals surface area contributed by atoms with E-state index in [1.54, 1.807) is 17.1 Å². The Labute approximate surface area is 65.0 Å². The van der Waals surface area contributed by atoms with Gasteiger partial charge < -0.3 is 1.43 Å². The zero-order valence-electron chi connectivity index (χ0n) is 5.86. The van der Waals surface area contributed by atoms with E-state index in [2.05, 4.69) is 0 Å². The summed E-state index contributed by atoms with van der Waals surface area (Å²) in [6.45, 7) is 0. The van der Waals surface area contributed by atoms with Crippen molar-refractivity contribution < 1.29 is 34.7 Å². The molecular formula is C3H10AsNaO. The van der Waals surface area contributed by atoms with Gasteiger partial charge in [-0.05, 0) is 0 Å². The molecule has 0 saturated carbocycles. The number of hydrogen-bond donors (Lipinski definition) is 0. The van der Waals surface area contributed by atoms with Crippen molar-refractivity contribution in [3.63, 3.8) is 0 Å². The van der Waals surface area contributed by atoms with Gasteiger partial charge in [-0.15, -0.1) is 0 Å². The summed E-state index contributed by atoms with van der Waals surface area (Å²) in [6.07, 6.45) is 0. The first-order valence-electron chi connectivity index (χ1n) is 1.52. The molecule has 0 unspecified atom stereocenters. The van der Waals surface area contributed by atoms with Crippen molar-refractivity contribution in [3.8, 4) is 0 Å². The molecule has 0 aliphatic heterocycles. The molecular weight excluding hydrogens is 150 g/mol. The summed E-state index contributed by atoms with van der Waals surface area (Å²) in [5, 5.41) is 0. The molecule has 0 fully saturated rings. The van der Waals surface area contributed by atoms with E-state index in [4.69, 9.17) is 0 Å². The van der Waals surface area contributed by atoms with E-state index in [1.165, 1.54) is 0 Å². The molecule has 34 valence electrons. The smallest absolute Gasteiger partial charge is 1.00 e. The van der Waals surface area contributed by atoms with Crippen LogP contribution < -0.4 is 29.6 Å². The Bertz CT molecular complexity index is 61.1. The van der Waals surface area contributed by atoms with E-state index < -0.39 is 13.5 Å². The molecule has 3 heteroatoms. The van der Waals surface area contributed by atoms with Gasteiger partial charge in [0.1, 0.15) is 0 Å². The first-order valence-corrected chi connectivity index (χ1v) is 7.92. The van der Waals surface area contributed by atoms with Crippen LogP contribution in [0.4, 0.5) is 0 Å². The van der Waals surface area contributed by atoms with Gasteiger partial charge in [-0.1, -0.05) is 0 Å². The van der Waals surface area contributed by atoms with E-state index in [9.17, 15) is 3.74 Å². The number of hydrogen-bond acceptors (Lipinski definition) is 1. The third-order valence-electron chi connectivity index (χ3n) is 0. The summed E-state index contributed by atoms with van der Waals surface area (Å²) in [7, 11) is 0. The van der Waals surface area contributed by atoms with Gasteiger partial charge in [0, 0.05) is 0 Å². The van der Waals surface area contributed by atoms with Crippen molar-refractivity contribution in [2.75, 3.05) is 0 Å². The van der Waals surface area contributed by atoms with Crippen molar-refractivity contribution in [1.29, 1.82) is 0 Å². The molecule has 0 aliphatic carbocycles. The SMILES string of the molecule is C[As](C)(C)=O.[H-].[Na+]. The van der Waals surface area contributed by atoms with Crippen molar-refractivity contribution in [3.05, 3.63) is 0 Å². The van der Waals surface area contributed by atoms with Crippen LogP contribution in [0.3, 0.4) is 0 Å². The van der Waals surface area contributed by atoms with Gasteiger partial charge in [0.05, 0.1) is 0 Å². The largest absolute Gasteiger partial charge is 1.00 e. The fraction of sp³-hybridized carbons (Fsp3) is 1.00. The topological polar surface area (TPSA) is 17.1 Å². The van der Waals surface area contributed by atoms with Crippen molar-refractivity contribution in [1.82, 2.24) is 0 Å². The summed E-state index contributed by atoms with van der Waals surface area (Å²) < 4.78 is 10.3. The van der Waals surface area contributed by atoms with Gasteiger partial charge in [0.15, 0.2) is 0 Å². The molecule has 0 N–H and O–H groups in total. The number of rotatable bonds is 0. The second kappa shape index (κ2) is 3.37. The average molecular weight is 160 g/mol. The Kier molecular flexibility index (Phi) is 5.82. The third kappa shape index (κ3) is 55.2. The first-order chi connectivity index (χ1) is 2.00. The predicted molar refractivity (Wildman–Crippen MR) is 25.1 cm³/mol. The molecule has 0 rings (SSSR count). The molecule has 0 amide bonds. The van der Waals surface area contributed by atoms with Crippen LogP contribution >= 0.6 is 0 Å². The predicted octanol–water partition coefficient (Wildman–Crippen LogP) is -1.63. The van der Waals surface area contributed by atoms with Crippen LogP contribution in [-0.4, -0.2) is 13.5 Å². The van der Waals surface area contributed by atoms with Crippen LogP contribution in [0.25, 0.3) is 0 Å². The van der Waals surface area contributed by atoms with Gasteiger partial charge in [0.2, 0.25) is 0 Å². The summed E-state index contributed by atoms with van der Waals surface area (Å²) in [5.74, 6) is 0. The van der Waals surface area contributed by atoms with Crippen molar-refractivity contribution >= 4 is 13.5 Å². The zero-order valence-corrected chi connectivity index (χ0v) is 8.73. The van der Waals surface area contributed by atoms with Crippen molar-refractivity contribution in [2.45, 2.75) is 17.1 Å². The maximum Gasteiger partial charge on any atom is 1.00 e. The van der Waals surface area contributed by atoms with Gasteiger partial charge in [-0.25, -0.2) is 0 Å². The third-order valence-corrected chi connectivity index (χ3v) is 0. The molecule has 0 aromatic rings. The Morgan fingerprint density at radius 3 is 1.33 bits per heavy atom. The Morgan fingerprint density at radius 1 is 1.33 bits per heavy atom. The quantitative estimate of drug-likeness (QED) is 0.389. The molecule has 0 heterocycles. The fourth-order valence-corrected chi connectivity index (χ4v) is 0. The summed E-state index contributed by atoms with van der Waals surface area (Å²) in [5.41, 5.74) is 5.41. The summed E-state index contributed by atoms with van der Waals surface area (Å²) >= 11 is -2.12. The molecule has 0 atom stereocenters. The maximum atomic E-state index is 10.3. The molecule has 0 spiro atoms. The van der Waals surface area contributed by atoms with Crippen LogP contribution in [-0.2, 0) is 3.74 Å². The Hall–Kier alpha value is 1.36. The molecule has 1 nitrogen and oxygen atoms in total. The summed E-state index contributed by atoms with van der Waals surface area (Å²) in [4.78, 5) is 0. The normalized spacial score (nSPS) is 9.83. The van der Waals surface area contributed by atoms with E-state index in [1.807, 2.05) is 0 Å². The van der Waals surface area contributed by atoms with Crippen LogP contribution in [0.5, 0.6) is 0 Å². The van der Waals surface area contributed by atoms with E-state index in [0.29, 0.717) is 0 Å². The van der Waals surface area contributed by atoms with Gasteiger partial charge in [0.25, 0.3) is 0 Å². The zero-order chi connectivity index (χ0) is 4.50. The van der Waals surface area contributed by atoms with Crippen molar-refractivity contribution in [2.24, 2.45) is 0 Å². The molecule has 0 aromatic carbocycles. The van der Waals surface area contributed by atoms with E-state index >= 15 is 0 Å². The Balaban J connectivity index is -0.0000000800. The minimum absolute atomic E-state index is 0. The molecule has 0 saturated heterocycles. The van der Waals surface area contributed by atoms with Gasteiger partial charge in [-0.2, -0.15) is 0 Å². The van der Waals surface area contributed by atoms with Gasteiger partial charge >= 0.3 is 63.9 Å². The second-order valence-corrected chi connectivity index (χ2v) is 9.82. The molecule has 0 aliphatic rings. The minimum atomic E-state index is -2.12. The molecule has 0 bridgehead atoms. The van der Waals surface area contributed by atoms with E-state index in [-0.39, 0.29) is 31.0 Å². The molecule has 6 heavy (non-hydrogen) atoms. The first kappa shape index (κ1) is 10.4. The van der Waals surface area contributed by atoms with Crippen LogP contribution in [0.1, 0.15) is 1.43 Å². The van der Waals surface area contributed by atoms with Gasteiger partial charge in [-0.3, -0.25) is 0 Å². The van der Waals surface area contributed by atoms with Crippen LogP contribution in [0, 0.1) is 0 Å². The molecule has 0 radical (unpaired) electrons. The van der Waals surface area contributed by atoms with Crippen LogP contribution in [0.15, 0.2) is 0 Å². The Morgan fingerprint density at radius 2 is 1.33 bits per heavy atom. The summed E-state index contributed by atoms with van der Waals surface area (Å²) in [6, 6.07) is 0.